The molecule has 0 spiro atoms. The van der Waals surface area contributed by atoms with Gasteiger partial charge in [-0.2, -0.15) is 0 Å². The van der Waals surface area contributed by atoms with Crippen LogP contribution in [-0.2, 0) is 16.0 Å². The van der Waals surface area contributed by atoms with Crippen LogP contribution in [0.15, 0.2) is 40.9 Å². The van der Waals surface area contributed by atoms with Crippen molar-refractivity contribution in [3.63, 3.8) is 0 Å². The van der Waals surface area contributed by atoms with Crippen LogP contribution in [0.25, 0.3) is 0 Å². The van der Waals surface area contributed by atoms with E-state index in [1.807, 2.05) is 12.1 Å². The second kappa shape index (κ2) is 6.12. The molecule has 0 fully saturated rings. The lowest BCUT2D eigenvalue weighted by molar-refractivity contribution is -0.139. The van der Waals surface area contributed by atoms with Gasteiger partial charge in [0.25, 0.3) is 0 Å². The van der Waals surface area contributed by atoms with E-state index < -0.39 is 0 Å². The third-order valence-electron chi connectivity index (χ3n) is 2.52. The molecule has 3 nitrogen and oxygen atoms in total. The smallest absolute Gasteiger partial charge is 0.310 e. The molecule has 1 aromatic carbocycles. The number of hydrogen-bond donors (Lipinski definition) is 0. The molecule has 98 valence electrons. The van der Waals surface area contributed by atoms with Gasteiger partial charge < -0.3 is 4.74 Å². The molecule has 0 N–H and O–H groups in total. The van der Waals surface area contributed by atoms with Crippen molar-refractivity contribution in [3.8, 4) is 0 Å². The van der Waals surface area contributed by atoms with Crippen LogP contribution in [0.2, 0.25) is 0 Å². The van der Waals surface area contributed by atoms with Crippen molar-refractivity contribution in [2.24, 2.45) is 0 Å². The summed E-state index contributed by atoms with van der Waals surface area (Å²) >= 11 is 4.66. The van der Waals surface area contributed by atoms with Crippen LogP contribution in [0.4, 0.5) is 0 Å². The monoisotopic (exact) mass is 338 g/mol. The summed E-state index contributed by atoms with van der Waals surface area (Å²) < 4.78 is 5.47. The first-order valence-electron chi connectivity index (χ1n) is 5.56. The van der Waals surface area contributed by atoms with E-state index in [9.17, 15) is 9.59 Å². The summed E-state index contributed by atoms with van der Waals surface area (Å²) in [6.07, 6.45) is 0.201. The molecule has 0 saturated carbocycles. The summed E-state index contributed by atoms with van der Waals surface area (Å²) in [7, 11) is 1.35. The molecule has 0 bridgehead atoms. The third-order valence-corrected chi connectivity index (χ3v) is 4.10. The van der Waals surface area contributed by atoms with Gasteiger partial charge in [0, 0.05) is 14.9 Å². The maximum Gasteiger partial charge on any atom is 0.310 e. The summed E-state index contributed by atoms with van der Waals surface area (Å²) in [5.41, 5.74) is 0.626. The summed E-state index contributed by atoms with van der Waals surface area (Å²) in [5.74, 6) is -0.342. The number of esters is 1. The van der Waals surface area contributed by atoms with Crippen molar-refractivity contribution < 1.29 is 14.3 Å². The predicted molar refractivity (Wildman–Crippen MR) is 77.6 cm³/mol. The Kier molecular flexibility index (Phi) is 4.50. The number of ether oxygens (including phenoxy) is 1. The zero-order valence-electron chi connectivity index (χ0n) is 10.2. The quantitative estimate of drug-likeness (QED) is 0.633. The fourth-order valence-electron chi connectivity index (χ4n) is 1.58. The number of ketones is 1. The second-order valence-electron chi connectivity index (χ2n) is 3.86. The molecule has 0 aliphatic heterocycles. The normalized spacial score (nSPS) is 10.2. The van der Waals surface area contributed by atoms with Gasteiger partial charge in [0.15, 0.2) is 0 Å². The van der Waals surface area contributed by atoms with Gasteiger partial charge in [-0.3, -0.25) is 9.59 Å². The molecule has 0 amide bonds. The lowest BCUT2D eigenvalue weighted by Crippen LogP contribution is -2.02. The minimum absolute atomic E-state index is 0.0394. The number of carbonyl (C=O) groups is 2. The van der Waals surface area contributed by atoms with Crippen LogP contribution < -0.4 is 0 Å². The highest BCUT2D eigenvalue weighted by Gasteiger charge is 2.13. The zero-order valence-corrected chi connectivity index (χ0v) is 12.6. The zero-order chi connectivity index (χ0) is 13.8. The summed E-state index contributed by atoms with van der Waals surface area (Å²) in [5, 5.41) is 0. The molecule has 19 heavy (non-hydrogen) atoms. The highest BCUT2D eigenvalue weighted by atomic mass is 79.9. The van der Waals surface area contributed by atoms with E-state index >= 15 is 0 Å². The number of benzene rings is 1. The highest BCUT2D eigenvalue weighted by molar-refractivity contribution is 9.10. The first-order chi connectivity index (χ1) is 9.10. The molecule has 0 saturated heterocycles. The van der Waals surface area contributed by atoms with Crippen LogP contribution in [0.1, 0.15) is 20.1 Å². The Morgan fingerprint density at radius 2 is 2.05 bits per heavy atom. The molecule has 0 aliphatic rings. The van der Waals surface area contributed by atoms with E-state index in [2.05, 4.69) is 20.7 Å². The SMILES string of the molecule is COC(=O)Cc1ccc(C(=O)c2cccc(Br)c2)s1. The molecule has 1 heterocycles. The van der Waals surface area contributed by atoms with E-state index in [1.165, 1.54) is 18.4 Å². The van der Waals surface area contributed by atoms with Gasteiger partial charge in [0.1, 0.15) is 0 Å². The van der Waals surface area contributed by atoms with Gasteiger partial charge in [-0.15, -0.1) is 11.3 Å². The number of methoxy groups -OCH3 is 1. The van der Waals surface area contributed by atoms with Gasteiger partial charge in [-0.1, -0.05) is 28.1 Å². The van der Waals surface area contributed by atoms with E-state index in [4.69, 9.17) is 0 Å². The fraction of sp³-hybridized carbons (Fsp3) is 0.143. The number of rotatable bonds is 4. The molecule has 0 radical (unpaired) electrons. The van der Waals surface area contributed by atoms with Crippen molar-refractivity contribution in [1.82, 2.24) is 0 Å². The average molecular weight is 339 g/mol. The highest BCUT2D eigenvalue weighted by Crippen LogP contribution is 2.22. The summed E-state index contributed by atoms with van der Waals surface area (Å²) in [6, 6.07) is 10.8. The summed E-state index contributed by atoms with van der Waals surface area (Å²) in [4.78, 5) is 24.9. The van der Waals surface area contributed by atoms with Gasteiger partial charge in [0.05, 0.1) is 18.4 Å². The van der Waals surface area contributed by atoms with Crippen molar-refractivity contribution in [2.45, 2.75) is 6.42 Å². The van der Waals surface area contributed by atoms with Crippen molar-refractivity contribution in [3.05, 3.63) is 56.2 Å². The first kappa shape index (κ1) is 14.0. The Hall–Kier alpha value is -1.46. The van der Waals surface area contributed by atoms with Crippen LogP contribution in [0.3, 0.4) is 0 Å². The van der Waals surface area contributed by atoms with E-state index in [-0.39, 0.29) is 18.2 Å². The molecular formula is C14H11BrO3S. The van der Waals surface area contributed by atoms with Crippen LogP contribution in [0.5, 0.6) is 0 Å². The van der Waals surface area contributed by atoms with E-state index in [0.29, 0.717) is 10.4 Å². The molecule has 2 rings (SSSR count). The van der Waals surface area contributed by atoms with Gasteiger partial charge in [-0.05, 0) is 24.3 Å². The standard InChI is InChI=1S/C14H11BrO3S/c1-18-13(16)8-11-5-6-12(19-11)14(17)9-3-2-4-10(15)7-9/h2-7H,8H2,1H3. The number of hydrogen-bond acceptors (Lipinski definition) is 4. The Morgan fingerprint density at radius 3 is 2.74 bits per heavy atom. The van der Waals surface area contributed by atoms with Crippen molar-refractivity contribution >= 4 is 39.0 Å². The number of carbonyl (C=O) groups excluding carboxylic acids is 2. The molecule has 1 aromatic heterocycles. The number of halogens is 1. The lowest BCUT2D eigenvalue weighted by Gasteiger charge is -1.98. The molecule has 0 unspecified atom stereocenters. The van der Waals surface area contributed by atoms with Gasteiger partial charge in [-0.25, -0.2) is 0 Å². The molecule has 0 atom stereocenters. The Bertz CT molecular complexity index is 619. The molecule has 0 aliphatic carbocycles. The van der Waals surface area contributed by atoms with Crippen LogP contribution >= 0.6 is 27.3 Å². The average Bonchev–Trinajstić information content (AvgIpc) is 2.86. The van der Waals surface area contributed by atoms with Gasteiger partial charge in [0.2, 0.25) is 5.78 Å². The fourth-order valence-corrected chi connectivity index (χ4v) is 2.94. The minimum atomic E-state index is -0.302. The minimum Gasteiger partial charge on any atom is -0.469 e. The number of thiophene rings is 1. The molecular weight excluding hydrogens is 328 g/mol. The van der Waals surface area contributed by atoms with Crippen LogP contribution in [0, 0.1) is 0 Å². The second-order valence-corrected chi connectivity index (χ2v) is 5.94. The van der Waals surface area contributed by atoms with Crippen LogP contribution in [-0.4, -0.2) is 18.9 Å². The first-order valence-corrected chi connectivity index (χ1v) is 7.17. The predicted octanol–water partition coefficient (Wildman–Crippen LogP) is 3.46. The van der Waals surface area contributed by atoms with Crippen molar-refractivity contribution in [1.29, 1.82) is 0 Å². The molecule has 5 heteroatoms. The van der Waals surface area contributed by atoms with Crippen molar-refractivity contribution in [2.75, 3.05) is 7.11 Å². The van der Waals surface area contributed by atoms with E-state index in [1.54, 1.807) is 24.3 Å². The Labute approximate surface area is 123 Å². The lowest BCUT2D eigenvalue weighted by atomic mass is 10.1. The van der Waals surface area contributed by atoms with E-state index in [0.717, 1.165) is 9.35 Å². The molecule has 2 aromatic rings. The Morgan fingerprint density at radius 1 is 1.26 bits per heavy atom. The maximum atomic E-state index is 12.2. The topological polar surface area (TPSA) is 43.4 Å². The maximum absolute atomic E-state index is 12.2. The van der Waals surface area contributed by atoms with Gasteiger partial charge >= 0.3 is 5.97 Å². The summed E-state index contributed by atoms with van der Waals surface area (Å²) in [6.45, 7) is 0. The largest absolute Gasteiger partial charge is 0.469 e. The Balaban J connectivity index is 2.18. The third kappa shape index (κ3) is 3.52.